The van der Waals surface area contributed by atoms with Crippen LogP contribution >= 0.6 is 22.6 Å². The SMILES string of the molecule is Ic1ccc(CNCCCOC2CCCCC2)o1. The van der Waals surface area contributed by atoms with Gasteiger partial charge in [0.15, 0.2) is 3.77 Å². The number of ether oxygens (including phenoxy) is 1. The van der Waals surface area contributed by atoms with Crippen LogP contribution in [0.4, 0.5) is 0 Å². The first-order valence-corrected chi connectivity index (χ1v) is 7.99. The van der Waals surface area contributed by atoms with E-state index in [2.05, 4.69) is 27.9 Å². The molecule has 1 fully saturated rings. The Balaban J connectivity index is 1.46. The molecule has 0 radical (unpaired) electrons. The summed E-state index contributed by atoms with van der Waals surface area (Å²) in [5.41, 5.74) is 0. The van der Waals surface area contributed by atoms with E-state index in [1.807, 2.05) is 12.1 Å². The maximum atomic E-state index is 5.87. The highest BCUT2D eigenvalue weighted by Gasteiger charge is 2.12. The second kappa shape index (κ2) is 8.17. The first-order valence-electron chi connectivity index (χ1n) is 6.91. The van der Waals surface area contributed by atoms with Gasteiger partial charge in [-0.05, 0) is 60.5 Å². The summed E-state index contributed by atoms with van der Waals surface area (Å²) in [5.74, 6) is 1.01. The molecular weight excluding hydrogens is 341 g/mol. The molecule has 0 aromatic carbocycles. The second-order valence-corrected chi connectivity index (χ2v) is 5.93. The smallest absolute Gasteiger partial charge is 0.164 e. The predicted molar refractivity (Wildman–Crippen MR) is 80.6 cm³/mol. The van der Waals surface area contributed by atoms with Crippen LogP contribution in [0.25, 0.3) is 0 Å². The first kappa shape index (κ1) is 14.3. The third kappa shape index (κ3) is 5.28. The molecule has 0 unspecified atom stereocenters. The zero-order chi connectivity index (χ0) is 12.6. The quantitative estimate of drug-likeness (QED) is 0.592. The van der Waals surface area contributed by atoms with Crippen LogP contribution in [0.2, 0.25) is 0 Å². The zero-order valence-corrected chi connectivity index (χ0v) is 12.9. The van der Waals surface area contributed by atoms with Gasteiger partial charge in [-0.25, -0.2) is 0 Å². The molecule has 18 heavy (non-hydrogen) atoms. The fourth-order valence-electron chi connectivity index (χ4n) is 2.34. The Hall–Kier alpha value is -0.0700. The van der Waals surface area contributed by atoms with Gasteiger partial charge in [-0.2, -0.15) is 0 Å². The van der Waals surface area contributed by atoms with Crippen molar-refractivity contribution in [1.82, 2.24) is 5.32 Å². The monoisotopic (exact) mass is 363 g/mol. The maximum absolute atomic E-state index is 5.87. The molecule has 0 aliphatic heterocycles. The summed E-state index contributed by atoms with van der Waals surface area (Å²) in [6.07, 6.45) is 8.22. The van der Waals surface area contributed by atoms with E-state index in [0.717, 1.165) is 35.6 Å². The molecule has 0 amide bonds. The van der Waals surface area contributed by atoms with Crippen molar-refractivity contribution < 1.29 is 9.15 Å². The highest BCUT2D eigenvalue weighted by atomic mass is 127. The summed E-state index contributed by atoms with van der Waals surface area (Å²) in [6, 6.07) is 4.01. The predicted octanol–water partition coefficient (Wildman–Crippen LogP) is 3.71. The Morgan fingerprint density at radius 3 is 2.83 bits per heavy atom. The molecular formula is C14H22INO2. The molecule has 1 aliphatic rings. The van der Waals surface area contributed by atoms with E-state index in [1.165, 1.54) is 32.1 Å². The van der Waals surface area contributed by atoms with Crippen molar-refractivity contribution in [3.05, 3.63) is 21.7 Å². The molecule has 2 rings (SSSR count). The lowest BCUT2D eigenvalue weighted by atomic mass is 9.98. The lowest BCUT2D eigenvalue weighted by Gasteiger charge is -2.21. The molecule has 3 nitrogen and oxygen atoms in total. The van der Waals surface area contributed by atoms with Crippen molar-refractivity contribution in [3.8, 4) is 0 Å². The van der Waals surface area contributed by atoms with Gasteiger partial charge in [-0.3, -0.25) is 0 Å². The van der Waals surface area contributed by atoms with Crippen molar-refractivity contribution in [2.24, 2.45) is 0 Å². The normalized spacial score (nSPS) is 17.2. The van der Waals surface area contributed by atoms with E-state index in [0.29, 0.717) is 6.10 Å². The Bertz CT molecular complexity index is 334. The summed E-state index contributed by atoms with van der Waals surface area (Å²) >= 11 is 2.19. The maximum Gasteiger partial charge on any atom is 0.164 e. The summed E-state index contributed by atoms with van der Waals surface area (Å²) in [5, 5.41) is 3.38. The average Bonchev–Trinajstić information content (AvgIpc) is 2.81. The summed E-state index contributed by atoms with van der Waals surface area (Å²) in [4.78, 5) is 0. The first-order chi connectivity index (χ1) is 8.84. The van der Waals surface area contributed by atoms with Gasteiger partial charge in [0, 0.05) is 6.61 Å². The van der Waals surface area contributed by atoms with E-state index in [4.69, 9.17) is 9.15 Å². The second-order valence-electron chi connectivity index (χ2n) is 4.87. The summed E-state index contributed by atoms with van der Waals surface area (Å²) in [6.45, 7) is 2.68. The number of halogens is 1. The van der Waals surface area contributed by atoms with Gasteiger partial charge < -0.3 is 14.5 Å². The van der Waals surface area contributed by atoms with Crippen LogP contribution in [0.1, 0.15) is 44.3 Å². The zero-order valence-electron chi connectivity index (χ0n) is 10.8. The molecule has 1 heterocycles. The fraction of sp³-hybridized carbons (Fsp3) is 0.714. The van der Waals surface area contributed by atoms with Crippen molar-refractivity contribution >= 4 is 22.6 Å². The van der Waals surface area contributed by atoms with Gasteiger partial charge in [-0.15, -0.1) is 0 Å². The Kier molecular flexibility index (Phi) is 6.51. The Morgan fingerprint density at radius 2 is 2.11 bits per heavy atom. The largest absolute Gasteiger partial charge is 0.454 e. The Morgan fingerprint density at radius 1 is 1.28 bits per heavy atom. The summed E-state index contributed by atoms with van der Waals surface area (Å²) < 4.78 is 12.3. The lowest BCUT2D eigenvalue weighted by molar-refractivity contribution is 0.0272. The van der Waals surface area contributed by atoms with E-state index >= 15 is 0 Å². The third-order valence-corrected chi connectivity index (χ3v) is 3.91. The van der Waals surface area contributed by atoms with Gasteiger partial charge in [0.25, 0.3) is 0 Å². The third-order valence-electron chi connectivity index (χ3n) is 3.33. The van der Waals surface area contributed by atoms with Crippen LogP contribution in [-0.4, -0.2) is 19.3 Å². The van der Waals surface area contributed by atoms with Crippen molar-refractivity contribution in [1.29, 1.82) is 0 Å². The van der Waals surface area contributed by atoms with Crippen molar-refractivity contribution in [3.63, 3.8) is 0 Å². The van der Waals surface area contributed by atoms with Crippen molar-refractivity contribution in [2.45, 2.75) is 51.2 Å². The molecule has 1 N–H and O–H groups in total. The van der Waals surface area contributed by atoms with E-state index < -0.39 is 0 Å². The Labute approximate surface area is 123 Å². The van der Waals surface area contributed by atoms with Crippen molar-refractivity contribution in [2.75, 3.05) is 13.2 Å². The molecule has 0 atom stereocenters. The molecule has 102 valence electrons. The minimum absolute atomic E-state index is 0.533. The lowest BCUT2D eigenvalue weighted by Crippen LogP contribution is -2.20. The highest BCUT2D eigenvalue weighted by molar-refractivity contribution is 14.1. The van der Waals surface area contributed by atoms with Crippen LogP contribution in [-0.2, 0) is 11.3 Å². The highest BCUT2D eigenvalue weighted by Crippen LogP contribution is 2.20. The molecule has 0 saturated heterocycles. The minimum atomic E-state index is 0.533. The molecule has 1 aromatic heterocycles. The standard InChI is InChI=1S/C14H22INO2/c15-14-8-7-13(18-14)11-16-9-4-10-17-12-5-2-1-3-6-12/h7-8,12,16H,1-6,9-11H2. The number of hydrogen-bond donors (Lipinski definition) is 1. The average molecular weight is 363 g/mol. The van der Waals surface area contributed by atoms with E-state index in [-0.39, 0.29) is 0 Å². The van der Waals surface area contributed by atoms with Crippen LogP contribution in [0.3, 0.4) is 0 Å². The van der Waals surface area contributed by atoms with E-state index in [9.17, 15) is 0 Å². The summed E-state index contributed by atoms with van der Waals surface area (Å²) in [7, 11) is 0. The van der Waals surface area contributed by atoms with Gasteiger partial charge in [0.2, 0.25) is 0 Å². The number of hydrogen-bond acceptors (Lipinski definition) is 3. The van der Waals surface area contributed by atoms with Crippen LogP contribution in [0.5, 0.6) is 0 Å². The molecule has 0 spiro atoms. The molecule has 0 bridgehead atoms. The minimum Gasteiger partial charge on any atom is -0.454 e. The molecule has 1 saturated carbocycles. The van der Waals surface area contributed by atoms with Crippen LogP contribution < -0.4 is 5.32 Å². The van der Waals surface area contributed by atoms with Crippen LogP contribution in [0.15, 0.2) is 16.5 Å². The number of furan rings is 1. The van der Waals surface area contributed by atoms with Crippen LogP contribution in [0, 0.1) is 3.77 Å². The van der Waals surface area contributed by atoms with Gasteiger partial charge in [-0.1, -0.05) is 19.3 Å². The fourth-order valence-corrected chi connectivity index (χ4v) is 2.80. The topological polar surface area (TPSA) is 34.4 Å². The van der Waals surface area contributed by atoms with Gasteiger partial charge in [0.05, 0.1) is 12.6 Å². The van der Waals surface area contributed by atoms with Gasteiger partial charge in [0.1, 0.15) is 5.76 Å². The number of nitrogens with one attached hydrogen (secondary N) is 1. The molecule has 1 aromatic rings. The molecule has 1 aliphatic carbocycles. The number of rotatable bonds is 7. The van der Waals surface area contributed by atoms with Gasteiger partial charge >= 0.3 is 0 Å². The van der Waals surface area contributed by atoms with E-state index in [1.54, 1.807) is 0 Å². The molecule has 4 heteroatoms.